The molecule has 0 bridgehead atoms. The number of benzene rings is 1. The van der Waals surface area contributed by atoms with Crippen LogP contribution in [-0.4, -0.2) is 35.7 Å². The topological polar surface area (TPSA) is 52.6 Å². The molecule has 1 aromatic carbocycles. The smallest absolute Gasteiger partial charge is 0.323 e. The summed E-state index contributed by atoms with van der Waals surface area (Å²) in [6.45, 7) is 7.48. The van der Waals surface area contributed by atoms with Gasteiger partial charge >= 0.3 is 5.97 Å². The van der Waals surface area contributed by atoms with Crippen molar-refractivity contribution in [3.05, 3.63) is 29.8 Å². The first-order valence-electron chi connectivity index (χ1n) is 7.26. The van der Waals surface area contributed by atoms with Gasteiger partial charge in [-0.3, -0.25) is 10.1 Å². The van der Waals surface area contributed by atoms with Gasteiger partial charge in [-0.1, -0.05) is 18.2 Å². The number of anilines is 1. The summed E-state index contributed by atoms with van der Waals surface area (Å²) >= 11 is 0. The molecule has 1 aliphatic rings. The second-order valence-corrected chi connectivity index (χ2v) is 6.05. The van der Waals surface area contributed by atoms with Gasteiger partial charge in [0.05, 0.1) is 0 Å². The summed E-state index contributed by atoms with van der Waals surface area (Å²) in [6, 6.07) is 8.53. The third kappa shape index (κ3) is 3.12. The molecule has 2 N–H and O–H groups in total. The Morgan fingerprint density at radius 1 is 1.45 bits per heavy atom. The van der Waals surface area contributed by atoms with Crippen molar-refractivity contribution in [2.75, 3.05) is 18.0 Å². The molecule has 2 rings (SSSR count). The molecule has 1 aromatic rings. The zero-order chi connectivity index (χ0) is 14.8. The van der Waals surface area contributed by atoms with Gasteiger partial charge in [0.2, 0.25) is 0 Å². The van der Waals surface area contributed by atoms with Crippen LogP contribution in [0.25, 0.3) is 0 Å². The van der Waals surface area contributed by atoms with Crippen LogP contribution in [0.15, 0.2) is 24.3 Å². The lowest BCUT2D eigenvalue weighted by atomic mass is 9.96. The predicted molar refractivity (Wildman–Crippen MR) is 81.3 cm³/mol. The summed E-state index contributed by atoms with van der Waals surface area (Å²) < 4.78 is 0. The number of rotatable bonds is 6. The molecule has 4 heteroatoms. The van der Waals surface area contributed by atoms with E-state index in [1.54, 1.807) is 6.92 Å². The molecule has 0 aromatic heterocycles. The number of carboxylic acids is 1. The average molecular weight is 276 g/mol. The normalized spacial score (nSPS) is 17.1. The third-order valence-electron chi connectivity index (χ3n) is 3.94. The lowest BCUT2D eigenvalue weighted by Crippen LogP contribution is -2.53. The van der Waals surface area contributed by atoms with E-state index in [-0.39, 0.29) is 6.04 Å². The minimum absolute atomic E-state index is 0.155. The first-order chi connectivity index (χ1) is 9.42. The van der Waals surface area contributed by atoms with Gasteiger partial charge in [0.25, 0.3) is 0 Å². The van der Waals surface area contributed by atoms with Gasteiger partial charge in [-0.2, -0.15) is 0 Å². The summed E-state index contributed by atoms with van der Waals surface area (Å²) in [5, 5.41) is 12.6. The van der Waals surface area contributed by atoms with Gasteiger partial charge in [0.15, 0.2) is 0 Å². The van der Waals surface area contributed by atoms with E-state index in [1.165, 1.54) is 11.3 Å². The molecule has 0 fully saturated rings. The van der Waals surface area contributed by atoms with Gasteiger partial charge < -0.3 is 10.0 Å². The fourth-order valence-electron chi connectivity index (χ4n) is 2.88. The summed E-state index contributed by atoms with van der Waals surface area (Å²) in [5.41, 5.74) is 1.75. The van der Waals surface area contributed by atoms with E-state index in [0.717, 1.165) is 19.5 Å². The Bertz CT molecular complexity index is 487. The maximum absolute atomic E-state index is 11.5. The fraction of sp³-hybridized carbons (Fsp3) is 0.562. The van der Waals surface area contributed by atoms with Crippen molar-refractivity contribution in [1.82, 2.24) is 5.32 Å². The predicted octanol–water partition coefficient (Wildman–Crippen LogP) is 2.28. The highest BCUT2D eigenvalue weighted by Gasteiger charge is 2.34. The number of aliphatic carboxylic acids is 1. The number of nitrogens with zero attached hydrogens (tertiary/aromatic N) is 1. The molecule has 1 atom stereocenters. The van der Waals surface area contributed by atoms with Crippen LogP contribution in [0.4, 0.5) is 5.69 Å². The zero-order valence-corrected chi connectivity index (χ0v) is 12.5. The van der Waals surface area contributed by atoms with E-state index in [2.05, 4.69) is 28.4 Å². The minimum atomic E-state index is -0.869. The Morgan fingerprint density at radius 3 is 2.80 bits per heavy atom. The van der Waals surface area contributed by atoms with Crippen LogP contribution in [0.2, 0.25) is 0 Å². The van der Waals surface area contributed by atoms with Crippen molar-refractivity contribution in [2.45, 2.75) is 45.2 Å². The lowest BCUT2D eigenvalue weighted by Gasteiger charge is -2.31. The van der Waals surface area contributed by atoms with E-state index >= 15 is 0 Å². The minimum Gasteiger partial charge on any atom is -0.480 e. The summed E-state index contributed by atoms with van der Waals surface area (Å²) in [5.74, 6) is -0.779. The van der Waals surface area contributed by atoms with E-state index in [4.69, 9.17) is 0 Å². The maximum atomic E-state index is 11.5. The number of fused-ring (bicyclic) bond motifs is 1. The average Bonchev–Trinajstić information content (AvgIpc) is 2.78. The number of para-hydroxylation sites is 1. The van der Waals surface area contributed by atoms with Crippen LogP contribution < -0.4 is 10.2 Å². The number of nitrogens with one attached hydrogen (secondary N) is 1. The molecule has 0 radical (unpaired) electrons. The van der Waals surface area contributed by atoms with Gasteiger partial charge in [-0.25, -0.2) is 0 Å². The van der Waals surface area contributed by atoms with Crippen LogP contribution in [0.3, 0.4) is 0 Å². The highest BCUT2D eigenvalue weighted by Crippen LogP contribution is 2.28. The molecule has 110 valence electrons. The van der Waals surface area contributed by atoms with E-state index in [1.807, 2.05) is 19.9 Å². The quantitative estimate of drug-likeness (QED) is 0.837. The van der Waals surface area contributed by atoms with Crippen LogP contribution >= 0.6 is 0 Å². The van der Waals surface area contributed by atoms with Gasteiger partial charge in [0, 0.05) is 24.8 Å². The Kier molecular flexibility index (Phi) is 4.33. The van der Waals surface area contributed by atoms with Crippen molar-refractivity contribution in [2.24, 2.45) is 0 Å². The SMILES string of the molecule is CC(C)NC(C)(CCN1CCc2ccccc21)C(=O)O. The molecule has 1 aliphatic heterocycles. The van der Waals surface area contributed by atoms with Gasteiger partial charge in [-0.15, -0.1) is 0 Å². The number of hydrogen-bond acceptors (Lipinski definition) is 3. The van der Waals surface area contributed by atoms with Crippen LogP contribution in [-0.2, 0) is 11.2 Å². The largest absolute Gasteiger partial charge is 0.480 e. The van der Waals surface area contributed by atoms with E-state index in [9.17, 15) is 9.90 Å². The monoisotopic (exact) mass is 276 g/mol. The number of carboxylic acid groups (broad SMARTS) is 1. The van der Waals surface area contributed by atoms with Crippen molar-refractivity contribution in [1.29, 1.82) is 0 Å². The molecule has 0 amide bonds. The molecule has 0 saturated carbocycles. The Balaban J connectivity index is 2.03. The molecule has 20 heavy (non-hydrogen) atoms. The summed E-state index contributed by atoms with van der Waals surface area (Å²) in [4.78, 5) is 13.8. The molecule has 1 unspecified atom stereocenters. The lowest BCUT2D eigenvalue weighted by molar-refractivity contribution is -0.144. The molecule has 0 aliphatic carbocycles. The Labute approximate surface area is 120 Å². The van der Waals surface area contributed by atoms with Crippen molar-refractivity contribution in [3.63, 3.8) is 0 Å². The van der Waals surface area contributed by atoms with E-state index < -0.39 is 11.5 Å². The van der Waals surface area contributed by atoms with E-state index in [0.29, 0.717) is 6.42 Å². The van der Waals surface area contributed by atoms with Gasteiger partial charge in [0.1, 0.15) is 5.54 Å². The van der Waals surface area contributed by atoms with Crippen molar-refractivity contribution < 1.29 is 9.90 Å². The van der Waals surface area contributed by atoms with Crippen LogP contribution in [0.1, 0.15) is 32.8 Å². The third-order valence-corrected chi connectivity index (χ3v) is 3.94. The standard InChI is InChI=1S/C16H24N2O2/c1-12(2)17-16(3,15(19)20)9-11-18-10-8-13-6-4-5-7-14(13)18/h4-7,12,17H,8-11H2,1-3H3,(H,19,20). The van der Waals surface area contributed by atoms with Crippen LogP contribution in [0, 0.1) is 0 Å². The van der Waals surface area contributed by atoms with Crippen LogP contribution in [0.5, 0.6) is 0 Å². The van der Waals surface area contributed by atoms with Crippen molar-refractivity contribution >= 4 is 11.7 Å². The summed E-state index contributed by atoms with van der Waals surface area (Å²) in [7, 11) is 0. The second-order valence-electron chi connectivity index (χ2n) is 6.05. The molecule has 0 spiro atoms. The highest BCUT2D eigenvalue weighted by atomic mass is 16.4. The molecular formula is C16H24N2O2. The molecule has 4 nitrogen and oxygen atoms in total. The molecule has 0 saturated heterocycles. The first-order valence-corrected chi connectivity index (χ1v) is 7.26. The molecule has 1 heterocycles. The van der Waals surface area contributed by atoms with Crippen molar-refractivity contribution in [3.8, 4) is 0 Å². The second kappa shape index (κ2) is 5.83. The van der Waals surface area contributed by atoms with Gasteiger partial charge in [-0.05, 0) is 45.2 Å². The highest BCUT2D eigenvalue weighted by molar-refractivity contribution is 5.78. The zero-order valence-electron chi connectivity index (χ0n) is 12.5. The Morgan fingerprint density at radius 2 is 2.15 bits per heavy atom. The first kappa shape index (κ1) is 14.9. The Hall–Kier alpha value is -1.55. The number of carbonyl (C=O) groups is 1. The summed E-state index contributed by atoms with van der Waals surface area (Å²) in [6.07, 6.45) is 1.65. The number of hydrogen-bond donors (Lipinski definition) is 2. The fourth-order valence-corrected chi connectivity index (χ4v) is 2.88. The maximum Gasteiger partial charge on any atom is 0.323 e. The molecular weight excluding hydrogens is 252 g/mol.